The van der Waals surface area contributed by atoms with Crippen molar-refractivity contribution in [2.75, 3.05) is 37.7 Å². The number of benzene rings is 2. The number of pyridine rings is 1. The maximum absolute atomic E-state index is 17.1. The van der Waals surface area contributed by atoms with Crippen molar-refractivity contribution < 1.29 is 27.8 Å². The van der Waals surface area contributed by atoms with Crippen molar-refractivity contribution in [3.63, 3.8) is 0 Å². The van der Waals surface area contributed by atoms with Crippen LogP contribution >= 0.6 is 0 Å². The third kappa shape index (κ3) is 4.18. The van der Waals surface area contributed by atoms with Crippen LogP contribution in [-0.4, -0.2) is 87.6 Å². The van der Waals surface area contributed by atoms with E-state index in [2.05, 4.69) is 20.1 Å². The second-order valence-corrected chi connectivity index (χ2v) is 13.5. The van der Waals surface area contributed by atoms with Crippen LogP contribution in [0.1, 0.15) is 44.6 Å². The number of aromatic nitrogens is 3. The number of ether oxygens (including phenoxy) is 2. The first-order valence-electron chi connectivity index (χ1n) is 16.3. The predicted molar refractivity (Wildman–Crippen MR) is 166 cm³/mol. The van der Waals surface area contributed by atoms with E-state index in [4.69, 9.17) is 19.4 Å². The fraction of sp³-hybridized carbons (Fsp3) is 0.500. The number of aryl methyl sites for hydroxylation is 1. The Kier molecular flexibility index (Phi) is 6.34. The summed E-state index contributed by atoms with van der Waals surface area (Å²) in [7, 11) is 0. The maximum Gasteiger partial charge on any atom is 0.319 e. The Labute approximate surface area is 263 Å². The van der Waals surface area contributed by atoms with Gasteiger partial charge in [0.2, 0.25) is 5.88 Å². The molecule has 1 unspecified atom stereocenters. The molecule has 7 heterocycles. The van der Waals surface area contributed by atoms with E-state index in [1.807, 2.05) is 6.92 Å². The predicted octanol–water partition coefficient (Wildman–Crippen LogP) is 5.05. The number of rotatable bonds is 5. The third-order valence-electron chi connectivity index (χ3n) is 10.9. The van der Waals surface area contributed by atoms with Crippen molar-refractivity contribution >= 4 is 27.5 Å². The lowest BCUT2D eigenvalue weighted by Gasteiger charge is -2.40. The lowest BCUT2D eigenvalue weighted by atomic mass is 9.94. The molecule has 4 saturated heterocycles. The van der Waals surface area contributed by atoms with E-state index in [9.17, 15) is 9.50 Å². The van der Waals surface area contributed by atoms with E-state index < -0.39 is 23.3 Å². The number of fused-ring (bicyclic) bond motifs is 7. The first-order valence-corrected chi connectivity index (χ1v) is 16.3. The molecular weight excluding hydrogens is 597 g/mol. The fourth-order valence-electron chi connectivity index (χ4n) is 8.84. The Bertz CT molecular complexity index is 1910. The van der Waals surface area contributed by atoms with Gasteiger partial charge in [0.15, 0.2) is 5.82 Å². The number of nitrogens with one attached hydrogen (secondary N) is 1. The molecule has 2 aromatic heterocycles. The number of piperazine rings is 1. The van der Waals surface area contributed by atoms with Gasteiger partial charge >= 0.3 is 6.01 Å². The quantitative estimate of drug-likeness (QED) is 0.314. The topological polar surface area (TPSA) is 95.9 Å². The van der Waals surface area contributed by atoms with Gasteiger partial charge in [-0.25, -0.2) is 18.2 Å². The molecule has 2 bridgehead atoms. The van der Waals surface area contributed by atoms with Gasteiger partial charge in [-0.2, -0.15) is 9.97 Å². The van der Waals surface area contributed by atoms with E-state index in [0.717, 1.165) is 32.2 Å². The van der Waals surface area contributed by atoms with Gasteiger partial charge in [-0.3, -0.25) is 4.90 Å². The van der Waals surface area contributed by atoms with E-state index >= 15 is 8.78 Å². The van der Waals surface area contributed by atoms with E-state index in [1.165, 1.54) is 18.2 Å². The fourth-order valence-corrected chi connectivity index (χ4v) is 8.84. The van der Waals surface area contributed by atoms with Crippen LogP contribution in [0.5, 0.6) is 17.6 Å². The zero-order valence-electron chi connectivity index (χ0n) is 25.5. The summed E-state index contributed by atoms with van der Waals surface area (Å²) in [5.41, 5.74) is 0.0926. The summed E-state index contributed by atoms with van der Waals surface area (Å²) < 4.78 is 59.3. The normalized spacial score (nSPS) is 28.4. The van der Waals surface area contributed by atoms with Gasteiger partial charge in [-0.05, 0) is 73.2 Å². The average molecular weight is 633 g/mol. The van der Waals surface area contributed by atoms with E-state index in [1.54, 1.807) is 6.07 Å². The lowest BCUT2D eigenvalue weighted by Crippen LogP contribution is -2.60. The van der Waals surface area contributed by atoms with Gasteiger partial charge in [0, 0.05) is 37.2 Å². The first-order chi connectivity index (χ1) is 22.3. The molecule has 4 fully saturated rings. The second kappa shape index (κ2) is 10.3. The van der Waals surface area contributed by atoms with Crippen LogP contribution in [0.15, 0.2) is 24.3 Å². The second-order valence-electron chi connectivity index (χ2n) is 13.5. The third-order valence-corrected chi connectivity index (χ3v) is 10.9. The van der Waals surface area contributed by atoms with E-state index in [-0.39, 0.29) is 59.1 Å². The molecule has 9 rings (SSSR count). The summed E-state index contributed by atoms with van der Waals surface area (Å²) in [6.07, 6.45) is 3.62. The zero-order valence-corrected chi connectivity index (χ0v) is 25.5. The van der Waals surface area contributed by atoms with Gasteiger partial charge in [0.05, 0.1) is 11.6 Å². The Hall–Kier alpha value is -3.90. The number of phenols is 1. The number of anilines is 1. The maximum atomic E-state index is 17.1. The van der Waals surface area contributed by atoms with E-state index in [0.29, 0.717) is 60.1 Å². The number of aromatic hydroxyl groups is 1. The Morgan fingerprint density at radius 2 is 2.02 bits per heavy atom. The van der Waals surface area contributed by atoms with Gasteiger partial charge in [0.1, 0.15) is 53.4 Å². The number of nitrogens with zero attached hydrogens (tertiary/aromatic N) is 5. The summed E-state index contributed by atoms with van der Waals surface area (Å²) in [5.74, 6) is -0.568. The van der Waals surface area contributed by atoms with Crippen LogP contribution in [-0.2, 0) is 6.42 Å². The van der Waals surface area contributed by atoms with Crippen LogP contribution in [0, 0.1) is 11.6 Å². The Balaban J connectivity index is 1.24. The molecule has 9 nitrogen and oxygen atoms in total. The molecule has 0 aliphatic carbocycles. The minimum Gasteiger partial charge on any atom is -0.508 e. The molecule has 5 aliphatic rings. The molecule has 5 atom stereocenters. The van der Waals surface area contributed by atoms with Crippen molar-refractivity contribution in [2.24, 2.45) is 0 Å². The molecule has 4 aromatic rings. The van der Waals surface area contributed by atoms with Crippen molar-refractivity contribution in [1.29, 1.82) is 0 Å². The number of halogens is 3. The first kappa shape index (κ1) is 28.3. The number of hydrogen-bond donors (Lipinski definition) is 2. The van der Waals surface area contributed by atoms with Gasteiger partial charge in [0.25, 0.3) is 0 Å². The molecule has 0 saturated carbocycles. The molecule has 12 heteroatoms. The van der Waals surface area contributed by atoms with Crippen LogP contribution in [0.2, 0.25) is 0 Å². The molecule has 46 heavy (non-hydrogen) atoms. The summed E-state index contributed by atoms with van der Waals surface area (Å²) >= 11 is 0. The zero-order chi connectivity index (χ0) is 31.3. The number of phenolic OH excluding ortho intramolecular Hbond substituents is 1. The minimum atomic E-state index is -0.913. The molecule has 240 valence electrons. The van der Waals surface area contributed by atoms with Crippen LogP contribution in [0.4, 0.5) is 19.0 Å². The highest BCUT2D eigenvalue weighted by atomic mass is 19.1. The van der Waals surface area contributed by atoms with Crippen LogP contribution in [0.3, 0.4) is 0 Å². The average Bonchev–Trinajstić information content (AvgIpc) is 3.68. The molecule has 0 radical (unpaired) electrons. The smallest absolute Gasteiger partial charge is 0.319 e. The van der Waals surface area contributed by atoms with Gasteiger partial charge in [-0.15, -0.1) is 0 Å². The van der Waals surface area contributed by atoms with Gasteiger partial charge in [-0.1, -0.05) is 13.0 Å². The van der Waals surface area contributed by atoms with Gasteiger partial charge < -0.3 is 24.8 Å². The van der Waals surface area contributed by atoms with Crippen molar-refractivity contribution in [1.82, 2.24) is 25.2 Å². The highest BCUT2D eigenvalue weighted by Crippen LogP contribution is 2.45. The Morgan fingerprint density at radius 1 is 1.13 bits per heavy atom. The molecular formula is C34H35F3N6O3. The lowest BCUT2D eigenvalue weighted by molar-refractivity contribution is 0.107. The van der Waals surface area contributed by atoms with Crippen molar-refractivity contribution in [3.05, 3.63) is 41.5 Å². The highest BCUT2D eigenvalue weighted by molar-refractivity contribution is 6.03. The SMILES string of the molecule is CCc1c(F)ccc2cc(O)cc(-c3nc4c5c(nc(OCC67CCCN6C[C@H](F)C7)nc5c3F)N3C[C@@H]5CC[C@@H](N5)[C@@H]3CO4)c12. The molecule has 2 N–H and O–H groups in total. The minimum absolute atomic E-state index is 0.0145. The van der Waals surface area contributed by atoms with Crippen molar-refractivity contribution in [2.45, 2.75) is 75.3 Å². The highest BCUT2D eigenvalue weighted by Gasteiger charge is 2.50. The summed E-state index contributed by atoms with van der Waals surface area (Å²) in [6.45, 7) is 4.21. The molecule has 5 aliphatic heterocycles. The van der Waals surface area contributed by atoms with Crippen molar-refractivity contribution in [3.8, 4) is 28.9 Å². The summed E-state index contributed by atoms with van der Waals surface area (Å²) in [6, 6.07) is 6.25. The Morgan fingerprint density at radius 3 is 2.89 bits per heavy atom. The molecule has 0 amide bonds. The number of alkyl halides is 1. The summed E-state index contributed by atoms with van der Waals surface area (Å²) in [5, 5.41) is 15.8. The molecule has 2 aromatic carbocycles. The number of hydrogen-bond acceptors (Lipinski definition) is 9. The summed E-state index contributed by atoms with van der Waals surface area (Å²) in [4.78, 5) is 18.6. The van der Waals surface area contributed by atoms with Crippen LogP contribution < -0.4 is 19.7 Å². The van der Waals surface area contributed by atoms with Crippen LogP contribution in [0.25, 0.3) is 32.9 Å². The monoisotopic (exact) mass is 632 g/mol. The standard InChI is InChI=1S/C34H35F3N6O3/c1-2-21-23(36)6-4-17-10-20(44)11-22(26(17)21)29-28(37)30-27-31(43-14-19-5-7-24(38-19)25(43)15-45-32(27)39-29)41-33(40-30)46-16-34-8-3-9-42(34)13-18(35)12-34/h4,6,10-11,18-19,24-25,38,44H,2-3,5,7-9,12-16H2,1H3/t18-,19+,24-,25+,34?/m1/s1. The largest absolute Gasteiger partial charge is 0.508 e. The molecule has 0 spiro atoms.